The smallest absolute Gasteiger partial charge is 0.329 e. The zero-order valence-corrected chi connectivity index (χ0v) is 15.0. The van der Waals surface area contributed by atoms with Crippen LogP contribution in [-0.2, 0) is 17.9 Å². The summed E-state index contributed by atoms with van der Waals surface area (Å²) in [4.78, 5) is 25.1. The highest BCUT2D eigenvalue weighted by Gasteiger charge is 2.26. The summed E-state index contributed by atoms with van der Waals surface area (Å²) in [5.74, 6) is 0.230. The van der Waals surface area contributed by atoms with E-state index in [9.17, 15) is 9.59 Å². The number of carbonyl (C=O) groups excluding carboxylic acids is 1. The van der Waals surface area contributed by atoms with Crippen molar-refractivity contribution < 1.29 is 4.79 Å². The molecule has 0 radical (unpaired) electrons. The van der Waals surface area contributed by atoms with Crippen LogP contribution in [0.4, 0.5) is 0 Å². The van der Waals surface area contributed by atoms with Crippen LogP contribution in [0.15, 0.2) is 29.1 Å². The maximum absolute atomic E-state index is 12.6. The van der Waals surface area contributed by atoms with Crippen molar-refractivity contribution in [1.29, 1.82) is 0 Å². The third-order valence-electron chi connectivity index (χ3n) is 4.29. The fourth-order valence-electron chi connectivity index (χ4n) is 3.34. The van der Waals surface area contributed by atoms with Gasteiger partial charge in [-0.3, -0.25) is 13.9 Å². The number of para-hydroxylation sites is 2. The number of aromatic nitrogens is 2. The maximum atomic E-state index is 12.6. The van der Waals surface area contributed by atoms with Gasteiger partial charge in [0.25, 0.3) is 0 Å². The van der Waals surface area contributed by atoms with Crippen molar-refractivity contribution in [1.82, 2.24) is 14.5 Å². The fraction of sp³-hybridized carbons (Fsp3) is 0.556. The Kier molecular flexibility index (Phi) is 5.49. The minimum absolute atomic E-state index is 0.0000317. The van der Waals surface area contributed by atoms with Gasteiger partial charge in [0, 0.05) is 18.6 Å². The largest absolute Gasteiger partial charge is 0.348 e. The van der Waals surface area contributed by atoms with Gasteiger partial charge in [0.1, 0.15) is 6.54 Å². The zero-order chi connectivity index (χ0) is 17.9. The molecule has 0 aliphatic heterocycles. The lowest BCUT2D eigenvalue weighted by Gasteiger charge is -2.31. The lowest BCUT2D eigenvalue weighted by atomic mass is 9.91. The Balaban J connectivity index is 2.28. The van der Waals surface area contributed by atoms with Crippen molar-refractivity contribution in [3.63, 3.8) is 0 Å². The number of aryl methyl sites for hydroxylation is 1. The molecule has 0 fully saturated rings. The van der Waals surface area contributed by atoms with Gasteiger partial charge in [-0.15, -0.1) is 0 Å². The molecule has 1 heterocycles. The van der Waals surface area contributed by atoms with Gasteiger partial charge in [-0.25, -0.2) is 4.79 Å². The number of nitrogens with zero attached hydrogens (tertiary/aromatic N) is 2. The Morgan fingerprint density at radius 2 is 1.83 bits per heavy atom. The minimum Gasteiger partial charge on any atom is -0.348 e. The Labute approximate surface area is 142 Å². The van der Waals surface area contributed by atoms with Gasteiger partial charge >= 0.3 is 5.69 Å². The second-order valence-electron chi connectivity index (χ2n) is 7.01. The van der Waals surface area contributed by atoms with Crippen LogP contribution in [-0.4, -0.2) is 27.1 Å². The number of amides is 1. The highest BCUT2D eigenvalue weighted by Crippen LogP contribution is 2.16. The van der Waals surface area contributed by atoms with Crippen LogP contribution < -0.4 is 16.7 Å². The summed E-state index contributed by atoms with van der Waals surface area (Å²) in [6.07, 6.45) is 0.793. The second kappa shape index (κ2) is 7.21. The van der Waals surface area contributed by atoms with E-state index in [4.69, 9.17) is 5.73 Å². The van der Waals surface area contributed by atoms with E-state index in [1.54, 1.807) is 4.57 Å². The third kappa shape index (κ3) is 3.70. The molecule has 0 aliphatic rings. The summed E-state index contributed by atoms with van der Waals surface area (Å²) in [7, 11) is 0. The number of nitrogens with one attached hydrogen (secondary N) is 1. The van der Waals surface area contributed by atoms with Gasteiger partial charge in [0.15, 0.2) is 0 Å². The van der Waals surface area contributed by atoms with Crippen LogP contribution in [0.5, 0.6) is 0 Å². The van der Waals surface area contributed by atoms with Crippen LogP contribution in [0.3, 0.4) is 0 Å². The van der Waals surface area contributed by atoms with Gasteiger partial charge in [-0.05, 0) is 38.3 Å². The molecule has 0 saturated heterocycles. The van der Waals surface area contributed by atoms with Gasteiger partial charge in [-0.1, -0.05) is 26.0 Å². The van der Waals surface area contributed by atoms with Crippen LogP contribution in [0.1, 0.15) is 34.1 Å². The number of fused-ring (bicyclic) bond motifs is 1. The molecule has 0 spiro atoms. The number of rotatable bonds is 7. The first-order valence-corrected chi connectivity index (χ1v) is 8.50. The van der Waals surface area contributed by atoms with Gasteiger partial charge < -0.3 is 11.1 Å². The van der Waals surface area contributed by atoms with E-state index in [0.29, 0.717) is 19.0 Å². The molecule has 2 aromatic rings. The summed E-state index contributed by atoms with van der Waals surface area (Å²) < 4.78 is 3.21. The Morgan fingerprint density at radius 1 is 1.25 bits per heavy atom. The molecule has 0 aliphatic carbocycles. The molecule has 1 amide bonds. The predicted octanol–water partition coefficient (Wildman–Crippen LogP) is 1.70. The monoisotopic (exact) mass is 332 g/mol. The number of hydrogen-bond donors (Lipinski definition) is 2. The molecule has 132 valence electrons. The molecule has 1 aromatic carbocycles. The molecule has 1 aromatic heterocycles. The summed E-state index contributed by atoms with van der Waals surface area (Å²) in [5.41, 5.74) is 6.86. The Hall–Kier alpha value is -2.08. The minimum atomic E-state index is -0.460. The van der Waals surface area contributed by atoms with Crippen molar-refractivity contribution in [2.75, 3.05) is 6.54 Å². The highest BCUT2D eigenvalue weighted by atomic mass is 16.2. The van der Waals surface area contributed by atoms with Crippen LogP contribution >= 0.6 is 0 Å². The topological polar surface area (TPSA) is 82.0 Å². The molecule has 0 saturated carbocycles. The molecule has 3 N–H and O–H groups in total. The Bertz CT molecular complexity index is 775. The molecular weight excluding hydrogens is 304 g/mol. The zero-order valence-electron chi connectivity index (χ0n) is 15.0. The molecule has 2 rings (SSSR count). The van der Waals surface area contributed by atoms with E-state index < -0.39 is 5.54 Å². The van der Waals surface area contributed by atoms with Crippen molar-refractivity contribution in [3.05, 3.63) is 34.7 Å². The van der Waals surface area contributed by atoms with Gasteiger partial charge in [0.2, 0.25) is 5.91 Å². The van der Waals surface area contributed by atoms with Crippen LogP contribution in [0, 0.1) is 5.92 Å². The first-order valence-electron chi connectivity index (χ1n) is 8.50. The average molecular weight is 332 g/mol. The summed E-state index contributed by atoms with van der Waals surface area (Å²) >= 11 is 0. The number of imidazole rings is 1. The SMILES string of the molecule is CCn1c(=O)n(CC(=O)NC(C)(CN)CC(C)C)c2ccccc21. The predicted molar refractivity (Wildman–Crippen MR) is 96.9 cm³/mol. The third-order valence-corrected chi connectivity index (χ3v) is 4.29. The molecule has 6 nitrogen and oxygen atoms in total. The normalized spacial score (nSPS) is 14.1. The molecule has 6 heteroatoms. The summed E-state index contributed by atoms with van der Waals surface area (Å²) in [6, 6.07) is 7.54. The number of nitrogens with two attached hydrogens (primary N) is 1. The highest BCUT2D eigenvalue weighted by molar-refractivity contribution is 5.81. The maximum Gasteiger partial charge on any atom is 0.329 e. The van der Waals surface area contributed by atoms with Gasteiger partial charge in [0.05, 0.1) is 11.0 Å². The lowest BCUT2D eigenvalue weighted by Crippen LogP contribution is -2.53. The van der Waals surface area contributed by atoms with Crippen molar-refractivity contribution in [3.8, 4) is 0 Å². The summed E-state index contributed by atoms with van der Waals surface area (Å²) in [6.45, 7) is 9.00. The van der Waals surface area contributed by atoms with Crippen molar-refractivity contribution in [2.45, 2.75) is 52.7 Å². The van der Waals surface area contributed by atoms with E-state index in [0.717, 1.165) is 17.5 Å². The second-order valence-corrected chi connectivity index (χ2v) is 7.01. The fourth-order valence-corrected chi connectivity index (χ4v) is 3.34. The molecule has 24 heavy (non-hydrogen) atoms. The summed E-state index contributed by atoms with van der Waals surface area (Å²) in [5, 5.41) is 3.01. The van der Waals surface area contributed by atoms with E-state index in [1.807, 2.05) is 38.1 Å². The van der Waals surface area contributed by atoms with E-state index >= 15 is 0 Å². The number of carbonyl (C=O) groups is 1. The first-order chi connectivity index (χ1) is 11.3. The molecule has 1 atom stereocenters. The van der Waals surface area contributed by atoms with Crippen molar-refractivity contribution in [2.24, 2.45) is 11.7 Å². The van der Waals surface area contributed by atoms with E-state index in [2.05, 4.69) is 19.2 Å². The van der Waals surface area contributed by atoms with E-state index in [-0.39, 0.29) is 18.1 Å². The lowest BCUT2D eigenvalue weighted by molar-refractivity contribution is -0.123. The number of benzene rings is 1. The Morgan fingerprint density at radius 3 is 2.33 bits per heavy atom. The van der Waals surface area contributed by atoms with Crippen LogP contribution in [0.2, 0.25) is 0 Å². The molecule has 0 bridgehead atoms. The quantitative estimate of drug-likeness (QED) is 0.810. The first kappa shape index (κ1) is 18.3. The van der Waals surface area contributed by atoms with E-state index in [1.165, 1.54) is 4.57 Å². The van der Waals surface area contributed by atoms with Crippen molar-refractivity contribution >= 4 is 16.9 Å². The number of hydrogen-bond acceptors (Lipinski definition) is 3. The van der Waals surface area contributed by atoms with Gasteiger partial charge in [-0.2, -0.15) is 0 Å². The molecule has 1 unspecified atom stereocenters. The molecular formula is C18H28N4O2. The standard InChI is InChI=1S/C18H28N4O2/c1-5-21-14-8-6-7-9-15(14)22(17(21)24)11-16(23)20-18(4,12-19)10-13(2)3/h6-9,13H,5,10-12,19H2,1-4H3,(H,20,23). The van der Waals surface area contributed by atoms with Crippen LogP contribution in [0.25, 0.3) is 11.0 Å². The average Bonchev–Trinajstić information content (AvgIpc) is 2.78.